The quantitative estimate of drug-likeness (QED) is 0.507. The van der Waals surface area contributed by atoms with E-state index in [9.17, 15) is 4.79 Å². The predicted octanol–water partition coefficient (Wildman–Crippen LogP) is 0.0974. The molecule has 0 unspecified atom stereocenters. The minimum atomic E-state index is -1.36. The highest BCUT2D eigenvalue weighted by Gasteiger charge is 2.22. The van der Waals surface area contributed by atoms with Crippen molar-refractivity contribution < 1.29 is 19.1 Å². The van der Waals surface area contributed by atoms with Crippen molar-refractivity contribution in [3.63, 3.8) is 0 Å². The Morgan fingerprint density at radius 2 is 2.18 bits per heavy atom. The molecule has 0 aromatic carbocycles. The van der Waals surface area contributed by atoms with Crippen LogP contribution in [-0.4, -0.2) is 24.9 Å². The highest BCUT2D eigenvalue weighted by Crippen LogP contribution is 2.05. The van der Waals surface area contributed by atoms with Gasteiger partial charge < -0.3 is 14.3 Å². The van der Waals surface area contributed by atoms with Gasteiger partial charge in [0, 0.05) is 13.0 Å². The van der Waals surface area contributed by atoms with E-state index in [1.54, 1.807) is 0 Å². The second kappa shape index (κ2) is 4.36. The maximum Gasteiger partial charge on any atom is 0.712 e. The molecule has 0 amide bonds. The Balaban J connectivity index is 2.33. The first-order valence-corrected chi connectivity index (χ1v) is 3.78. The molecular weight excluding hydrogens is 147 g/mol. The molecule has 0 radical (unpaired) electrons. The molecule has 0 saturated carbocycles. The molecule has 0 aromatic heterocycles. The van der Waals surface area contributed by atoms with E-state index in [0.717, 1.165) is 19.3 Å². The lowest BCUT2D eigenvalue weighted by Crippen LogP contribution is -2.25. The molecule has 0 bridgehead atoms. The molecule has 4 nitrogen and oxygen atoms in total. The van der Waals surface area contributed by atoms with E-state index in [-0.39, 0.29) is 5.97 Å². The van der Waals surface area contributed by atoms with Crippen LogP contribution in [0.15, 0.2) is 0 Å². The first kappa shape index (κ1) is 8.55. The first-order valence-electron chi connectivity index (χ1n) is 3.78. The molecule has 0 spiro atoms. The summed E-state index contributed by atoms with van der Waals surface area (Å²) < 4.78 is 9.21. The van der Waals surface area contributed by atoms with Gasteiger partial charge in [0.15, 0.2) is 0 Å². The third-order valence-electron chi connectivity index (χ3n) is 1.52. The van der Waals surface area contributed by atoms with Crippen LogP contribution in [-0.2, 0) is 14.1 Å². The van der Waals surface area contributed by atoms with E-state index in [1.807, 2.05) is 0 Å². The average molecular weight is 158 g/mol. The van der Waals surface area contributed by atoms with Gasteiger partial charge in [0.2, 0.25) is 0 Å². The maximum atomic E-state index is 10.7. The van der Waals surface area contributed by atoms with Gasteiger partial charge in [-0.2, -0.15) is 0 Å². The van der Waals surface area contributed by atoms with Crippen LogP contribution in [0, 0.1) is 0 Å². The van der Waals surface area contributed by atoms with Gasteiger partial charge in [0.1, 0.15) is 0 Å². The summed E-state index contributed by atoms with van der Waals surface area (Å²) in [5.74, 6) is -0.389. The molecule has 1 N–H and O–H groups in total. The van der Waals surface area contributed by atoms with Gasteiger partial charge in [-0.15, -0.1) is 0 Å². The Labute approximate surface area is 65.7 Å². The molecule has 5 heteroatoms. The van der Waals surface area contributed by atoms with Gasteiger partial charge in [-0.25, -0.2) is 0 Å². The van der Waals surface area contributed by atoms with Crippen LogP contribution in [0.2, 0.25) is 0 Å². The van der Waals surface area contributed by atoms with Crippen molar-refractivity contribution in [1.82, 2.24) is 0 Å². The minimum absolute atomic E-state index is 0.375. The van der Waals surface area contributed by atoms with Crippen molar-refractivity contribution in [3.8, 4) is 0 Å². The third-order valence-corrected chi connectivity index (χ3v) is 1.52. The number of rotatable bonds is 0. The highest BCUT2D eigenvalue weighted by molar-refractivity contribution is 6.37. The van der Waals surface area contributed by atoms with Gasteiger partial charge >= 0.3 is 7.32 Å². The Hall–Kier alpha value is -0.545. The molecule has 0 aromatic rings. The predicted molar refractivity (Wildman–Crippen MR) is 38.5 cm³/mol. The molecule has 1 fully saturated rings. The van der Waals surface area contributed by atoms with E-state index in [2.05, 4.69) is 4.65 Å². The van der Waals surface area contributed by atoms with Gasteiger partial charge in [-0.3, -0.25) is 4.79 Å². The zero-order chi connectivity index (χ0) is 8.10. The van der Waals surface area contributed by atoms with Crippen molar-refractivity contribution in [2.24, 2.45) is 0 Å². The Morgan fingerprint density at radius 1 is 1.36 bits per heavy atom. The molecule has 0 aliphatic carbocycles. The lowest BCUT2D eigenvalue weighted by atomic mass is 10.2. The molecule has 0 atom stereocenters. The van der Waals surface area contributed by atoms with Crippen LogP contribution >= 0.6 is 0 Å². The lowest BCUT2D eigenvalue weighted by molar-refractivity contribution is -0.137. The van der Waals surface area contributed by atoms with E-state index < -0.39 is 7.32 Å². The Kier molecular flexibility index (Phi) is 3.39. The van der Waals surface area contributed by atoms with Crippen LogP contribution in [0.4, 0.5) is 0 Å². The summed E-state index contributed by atoms with van der Waals surface area (Å²) in [5.41, 5.74) is 0. The van der Waals surface area contributed by atoms with Crippen molar-refractivity contribution >= 4 is 13.3 Å². The average Bonchev–Trinajstić information content (AvgIpc) is 2.02. The highest BCUT2D eigenvalue weighted by atomic mass is 16.7. The molecule has 62 valence electrons. The van der Waals surface area contributed by atoms with Crippen LogP contribution in [0.1, 0.15) is 25.7 Å². The van der Waals surface area contributed by atoms with Crippen LogP contribution in [0.3, 0.4) is 0 Å². The molecule has 1 rings (SSSR count). The number of carbonyl (C=O) groups excluding carboxylic acids is 1. The fraction of sp³-hybridized carbons (Fsp3) is 0.833. The number of carbonyl (C=O) groups is 1. The standard InChI is InChI=1S/C6H11BO4/c8-6-4-2-1-3-5-10-7(9)11-6/h9H,1-5H2. The van der Waals surface area contributed by atoms with Crippen LogP contribution in [0.5, 0.6) is 0 Å². The second-order valence-electron chi connectivity index (χ2n) is 2.48. The van der Waals surface area contributed by atoms with Crippen LogP contribution < -0.4 is 0 Å². The zero-order valence-electron chi connectivity index (χ0n) is 6.28. The maximum absolute atomic E-state index is 10.7. The van der Waals surface area contributed by atoms with E-state index >= 15 is 0 Å². The summed E-state index contributed by atoms with van der Waals surface area (Å²) in [6.45, 7) is 0.453. The van der Waals surface area contributed by atoms with Gasteiger partial charge in [-0.1, -0.05) is 6.42 Å². The SMILES string of the molecule is O=C1CCCCCOB(O)O1. The topological polar surface area (TPSA) is 55.8 Å². The minimum Gasteiger partial charge on any atom is -0.485 e. The summed E-state index contributed by atoms with van der Waals surface area (Å²) >= 11 is 0. The first-order chi connectivity index (χ1) is 5.29. The zero-order valence-corrected chi connectivity index (χ0v) is 6.28. The molecule has 1 saturated heterocycles. The van der Waals surface area contributed by atoms with Gasteiger partial charge in [0.05, 0.1) is 0 Å². The monoisotopic (exact) mass is 158 g/mol. The number of hydrogen-bond acceptors (Lipinski definition) is 4. The summed E-state index contributed by atoms with van der Waals surface area (Å²) in [6, 6.07) is 0. The van der Waals surface area contributed by atoms with E-state index in [1.165, 1.54) is 0 Å². The smallest absolute Gasteiger partial charge is 0.485 e. The molecule has 11 heavy (non-hydrogen) atoms. The van der Waals surface area contributed by atoms with Gasteiger partial charge in [0.25, 0.3) is 5.97 Å². The summed E-state index contributed by atoms with van der Waals surface area (Å²) in [5, 5.41) is 8.84. The second-order valence-corrected chi connectivity index (χ2v) is 2.48. The fourth-order valence-electron chi connectivity index (χ4n) is 0.938. The molecule has 1 heterocycles. The van der Waals surface area contributed by atoms with Crippen molar-refractivity contribution in [1.29, 1.82) is 0 Å². The summed E-state index contributed by atoms with van der Waals surface area (Å²) in [7, 11) is -1.36. The third kappa shape index (κ3) is 3.39. The fourth-order valence-corrected chi connectivity index (χ4v) is 0.938. The largest absolute Gasteiger partial charge is 0.712 e. The van der Waals surface area contributed by atoms with E-state index in [0.29, 0.717) is 13.0 Å². The van der Waals surface area contributed by atoms with Crippen LogP contribution in [0.25, 0.3) is 0 Å². The Morgan fingerprint density at radius 3 is 3.00 bits per heavy atom. The molecule has 1 aliphatic rings. The summed E-state index contributed by atoms with van der Waals surface area (Å²) in [4.78, 5) is 10.7. The van der Waals surface area contributed by atoms with Crippen molar-refractivity contribution in [3.05, 3.63) is 0 Å². The summed E-state index contributed by atoms with van der Waals surface area (Å²) in [6.07, 6.45) is 3.00. The Bertz CT molecular complexity index is 139. The van der Waals surface area contributed by atoms with E-state index in [4.69, 9.17) is 9.68 Å². The normalized spacial score (nSPS) is 21.5. The lowest BCUT2D eigenvalue weighted by Gasteiger charge is -2.04. The van der Waals surface area contributed by atoms with Crippen molar-refractivity contribution in [2.75, 3.05) is 6.61 Å². The molecular formula is C6H11BO4. The molecule has 1 aliphatic heterocycles. The van der Waals surface area contributed by atoms with Gasteiger partial charge in [-0.05, 0) is 12.8 Å². The van der Waals surface area contributed by atoms with Crippen molar-refractivity contribution in [2.45, 2.75) is 25.7 Å². The number of hydrogen-bond donors (Lipinski definition) is 1.